The van der Waals surface area contributed by atoms with Crippen LogP contribution in [-0.2, 0) is 17.3 Å². The lowest BCUT2D eigenvalue weighted by atomic mass is 9.91. The summed E-state index contributed by atoms with van der Waals surface area (Å²) in [6, 6.07) is 5.72. The molecule has 124 valence electrons. The van der Waals surface area contributed by atoms with Crippen LogP contribution in [0, 0.1) is 5.92 Å². The quantitative estimate of drug-likeness (QED) is 0.787. The molecule has 1 heterocycles. The third-order valence-corrected chi connectivity index (χ3v) is 4.31. The van der Waals surface area contributed by atoms with Crippen LogP contribution in [0.2, 0.25) is 0 Å². The molecule has 1 aliphatic heterocycles. The van der Waals surface area contributed by atoms with Gasteiger partial charge in [0, 0.05) is 20.2 Å². The van der Waals surface area contributed by atoms with Crippen LogP contribution in [-0.4, -0.2) is 38.3 Å². The molecule has 5 heteroatoms. The minimum Gasteiger partial charge on any atom is -0.383 e. The van der Waals surface area contributed by atoms with E-state index in [0.717, 1.165) is 50.7 Å². The van der Waals surface area contributed by atoms with Gasteiger partial charge in [-0.1, -0.05) is 18.2 Å². The number of hydrogen-bond donors (Lipinski definition) is 0. The maximum Gasteiger partial charge on any atom is 0.416 e. The van der Waals surface area contributed by atoms with Gasteiger partial charge in [0.2, 0.25) is 0 Å². The smallest absolute Gasteiger partial charge is 0.383 e. The maximum absolute atomic E-state index is 12.7. The van der Waals surface area contributed by atoms with Crippen molar-refractivity contribution in [1.82, 2.24) is 4.90 Å². The molecule has 1 aromatic carbocycles. The van der Waals surface area contributed by atoms with Gasteiger partial charge in [-0.25, -0.2) is 0 Å². The normalized spacial score (nSPS) is 20.3. The van der Waals surface area contributed by atoms with Gasteiger partial charge in [-0.15, -0.1) is 0 Å². The number of rotatable bonds is 6. The molecule has 0 aliphatic carbocycles. The zero-order chi connectivity index (χ0) is 16.0. The van der Waals surface area contributed by atoms with Gasteiger partial charge in [0.1, 0.15) is 0 Å². The molecule has 22 heavy (non-hydrogen) atoms. The Morgan fingerprint density at radius 1 is 1.32 bits per heavy atom. The van der Waals surface area contributed by atoms with Crippen LogP contribution in [0.1, 0.15) is 30.4 Å². The number of halogens is 3. The van der Waals surface area contributed by atoms with E-state index in [1.807, 2.05) is 0 Å². The van der Waals surface area contributed by atoms with Crippen molar-refractivity contribution >= 4 is 0 Å². The number of aryl methyl sites for hydroxylation is 1. The van der Waals surface area contributed by atoms with Gasteiger partial charge in [-0.3, -0.25) is 0 Å². The predicted octanol–water partition coefficient (Wildman–Crippen LogP) is 4.00. The predicted molar refractivity (Wildman–Crippen MR) is 80.8 cm³/mol. The molecule has 0 spiro atoms. The van der Waals surface area contributed by atoms with Crippen molar-refractivity contribution in [2.24, 2.45) is 5.92 Å². The van der Waals surface area contributed by atoms with Gasteiger partial charge in [-0.05, 0) is 49.8 Å². The average Bonchev–Trinajstić information content (AvgIpc) is 2.51. The third kappa shape index (κ3) is 5.29. The van der Waals surface area contributed by atoms with E-state index in [-0.39, 0.29) is 0 Å². The van der Waals surface area contributed by atoms with E-state index in [1.54, 1.807) is 13.2 Å². The first-order valence-corrected chi connectivity index (χ1v) is 7.86. The van der Waals surface area contributed by atoms with E-state index in [2.05, 4.69) is 4.90 Å². The van der Waals surface area contributed by atoms with Crippen molar-refractivity contribution in [2.75, 3.05) is 33.4 Å². The summed E-state index contributed by atoms with van der Waals surface area (Å²) in [6.45, 7) is 3.81. The fraction of sp³-hybridized carbons (Fsp3) is 0.647. The highest BCUT2D eigenvalue weighted by Gasteiger charge is 2.30. The van der Waals surface area contributed by atoms with Crippen LogP contribution < -0.4 is 0 Å². The number of hydrogen-bond acceptors (Lipinski definition) is 2. The fourth-order valence-corrected chi connectivity index (χ4v) is 3.08. The first-order valence-electron chi connectivity index (χ1n) is 7.86. The van der Waals surface area contributed by atoms with Crippen molar-refractivity contribution in [1.29, 1.82) is 0 Å². The highest BCUT2D eigenvalue weighted by Crippen LogP contribution is 2.30. The van der Waals surface area contributed by atoms with Crippen LogP contribution in [0.3, 0.4) is 0 Å². The Kier molecular flexibility index (Phi) is 6.26. The Labute approximate surface area is 130 Å². The zero-order valence-corrected chi connectivity index (χ0v) is 13.0. The lowest BCUT2D eigenvalue weighted by Crippen LogP contribution is -2.37. The molecule has 1 saturated heterocycles. The Bertz CT molecular complexity index is 461. The molecular weight excluding hydrogens is 291 g/mol. The number of methoxy groups -OCH3 is 1. The Morgan fingerprint density at radius 3 is 2.86 bits per heavy atom. The summed E-state index contributed by atoms with van der Waals surface area (Å²) in [7, 11) is 1.70. The van der Waals surface area contributed by atoms with Gasteiger partial charge in [0.25, 0.3) is 0 Å². The average molecular weight is 315 g/mol. The molecule has 0 bridgehead atoms. The van der Waals surface area contributed by atoms with Crippen LogP contribution in [0.5, 0.6) is 0 Å². The van der Waals surface area contributed by atoms with Crippen LogP contribution in [0.15, 0.2) is 24.3 Å². The van der Waals surface area contributed by atoms with Gasteiger partial charge >= 0.3 is 6.18 Å². The molecule has 0 unspecified atom stereocenters. The number of nitrogens with zero attached hydrogens (tertiary/aromatic N) is 1. The lowest BCUT2D eigenvalue weighted by Gasteiger charge is -2.32. The van der Waals surface area contributed by atoms with Crippen LogP contribution in [0.25, 0.3) is 0 Å². The molecule has 0 radical (unpaired) electrons. The molecule has 0 aromatic heterocycles. The van der Waals surface area contributed by atoms with E-state index in [9.17, 15) is 13.2 Å². The number of alkyl halides is 3. The Balaban J connectivity index is 1.85. The lowest BCUT2D eigenvalue weighted by molar-refractivity contribution is -0.137. The maximum atomic E-state index is 12.7. The minimum atomic E-state index is -4.25. The summed E-state index contributed by atoms with van der Waals surface area (Å²) >= 11 is 0. The van der Waals surface area contributed by atoms with E-state index in [0.29, 0.717) is 12.3 Å². The molecule has 1 atom stereocenters. The summed E-state index contributed by atoms with van der Waals surface area (Å²) in [6.07, 6.45) is -0.255. The largest absolute Gasteiger partial charge is 0.416 e. The second-order valence-electron chi connectivity index (χ2n) is 6.04. The first kappa shape index (κ1) is 17.3. The topological polar surface area (TPSA) is 12.5 Å². The Morgan fingerprint density at radius 2 is 2.14 bits per heavy atom. The van der Waals surface area contributed by atoms with Crippen molar-refractivity contribution in [2.45, 2.75) is 31.9 Å². The van der Waals surface area contributed by atoms with E-state index in [1.165, 1.54) is 18.6 Å². The summed E-state index contributed by atoms with van der Waals surface area (Å²) in [5, 5.41) is 0. The van der Waals surface area contributed by atoms with Crippen LogP contribution >= 0.6 is 0 Å². The van der Waals surface area contributed by atoms with E-state index >= 15 is 0 Å². The van der Waals surface area contributed by atoms with Gasteiger partial charge < -0.3 is 9.64 Å². The highest BCUT2D eigenvalue weighted by atomic mass is 19.4. The van der Waals surface area contributed by atoms with Crippen molar-refractivity contribution in [3.05, 3.63) is 35.4 Å². The van der Waals surface area contributed by atoms with Gasteiger partial charge in [-0.2, -0.15) is 13.2 Å². The monoisotopic (exact) mass is 315 g/mol. The summed E-state index contributed by atoms with van der Waals surface area (Å²) in [4.78, 5) is 2.39. The third-order valence-electron chi connectivity index (χ3n) is 4.31. The second-order valence-corrected chi connectivity index (χ2v) is 6.04. The van der Waals surface area contributed by atoms with Crippen molar-refractivity contribution < 1.29 is 17.9 Å². The summed E-state index contributed by atoms with van der Waals surface area (Å²) < 4.78 is 43.2. The molecule has 2 rings (SSSR count). The van der Waals surface area contributed by atoms with E-state index < -0.39 is 11.7 Å². The molecule has 1 aromatic rings. The molecule has 1 aliphatic rings. The SMILES string of the molecule is COCCN1CCC[C@@H](CCc2cccc(C(F)(F)F)c2)C1. The number of piperidine rings is 1. The number of ether oxygens (including phenoxy) is 1. The molecule has 2 nitrogen and oxygen atoms in total. The summed E-state index contributed by atoms with van der Waals surface area (Å²) in [5.74, 6) is 0.570. The number of likely N-dealkylation sites (tertiary alicyclic amines) is 1. The Hall–Kier alpha value is -1.07. The van der Waals surface area contributed by atoms with Crippen LogP contribution in [0.4, 0.5) is 13.2 Å². The van der Waals surface area contributed by atoms with Crippen molar-refractivity contribution in [3.8, 4) is 0 Å². The molecule has 1 fully saturated rings. The van der Waals surface area contributed by atoms with Crippen molar-refractivity contribution in [3.63, 3.8) is 0 Å². The zero-order valence-electron chi connectivity index (χ0n) is 13.0. The summed E-state index contributed by atoms with van der Waals surface area (Å²) in [5.41, 5.74) is 0.235. The van der Waals surface area contributed by atoms with Gasteiger partial charge in [0.15, 0.2) is 0 Å². The molecule has 0 N–H and O–H groups in total. The highest BCUT2D eigenvalue weighted by molar-refractivity contribution is 5.25. The van der Waals surface area contributed by atoms with Gasteiger partial charge in [0.05, 0.1) is 12.2 Å². The minimum absolute atomic E-state index is 0.546. The standard InChI is InChI=1S/C17H24F3NO/c1-22-11-10-21-9-3-5-15(13-21)8-7-14-4-2-6-16(12-14)17(18,19)20/h2,4,6,12,15H,3,5,7-11,13H2,1H3/t15-/m0/s1. The first-order chi connectivity index (χ1) is 10.5. The molecule has 0 amide bonds. The molecular formula is C17H24F3NO. The number of benzene rings is 1. The fourth-order valence-electron chi connectivity index (χ4n) is 3.08. The second kappa shape index (κ2) is 7.97. The molecule has 0 saturated carbocycles. The van der Waals surface area contributed by atoms with E-state index in [4.69, 9.17) is 4.74 Å².